The lowest BCUT2D eigenvalue weighted by Gasteiger charge is -2.37. The average molecular weight is 387 g/mol. The summed E-state index contributed by atoms with van der Waals surface area (Å²) in [7, 11) is 0. The van der Waals surface area contributed by atoms with Crippen molar-refractivity contribution >= 4 is 29.0 Å². The topological polar surface area (TPSA) is 49.9 Å². The van der Waals surface area contributed by atoms with Crippen molar-refractivity contribution in [3.63, 3.8) is 0 Å². The first-order valence-corrected chi connectivity index (χ1v) is 9.39. The summed E-state index contributed by atoms with van der Waals surface area (Å²) >= 11 is 5.87. The number of anilines is 1. The fraction of sp³-hybridized carbons (Fsp3) is 0.333. The van der Waals surface area contributed by atoms with E-state index in [1.807, 2.05) is 29.2 Å². The third-order valence-electron chi connectivity index (χ3n) is 4.70. The van der Waals surface area contributed by atoms with Crippen molar-refractivity contribution in [3.05, 3.63) is 59.1 Å². The SMILES string of the molecule is CC(=O)c1ccc(N2CCN(C(=O)[C@H](C)Oc3ccc(Cl)cc3)CC2)cc1. The zero-order valence-electron chi connectivity index (χ0n) is 15.5. The number of halogens is 1. The number of Topliss-reactive ketones (excluding diaryl/α,β-unsaturated/α-hetero) is 1. The molecule has 0 N–H and O–H groups in total. The van der Waals surface area contributed by atoms with Gasteiger partial charge in [-0.3, -0.25) is 9.59 Å². The van der Waals surface area contributed by atoms with Gasteiger partial charge in [0.2, 0.25) is 0 Å². The smallest absolute Gasteiger partial charge is 0.263 e. The molecule has 2 aromatic carbocycles. The molecule has 1 atom stereocenters. The number of ketones is 1. The molecular formula is C21H23ClN2O3. The molecule has 1 fully saturated rings. The van der Waals surface area contributed by atoms with Crippen LogP contribution in [0.1, 0.15) is 24.2 Å². The van der Waals surface area contributed by atoms with Crippen LogP contribution in [0.4, 0.5) is 5.69 Å². The molecule has 0 bridgehead atoms. The van der Waals surface area contributed by atoms with Crippen LogP contribution < -0.4 is 9.64 Å². The molecule has 142 valence electrons. The minimum absolute atomic E-state index is 0.0171. The van der Waals surface area contributed by atoms with E-state index >= 15 is 0 Å². The van der Waals surface area contributed by atoms with Crippen molar-refractivity contribution < 1.29 is 14.3 Å². The number of piperazine rings is 1. The molecule has 1 saturated heterocycles. The van der Waals surface area contributed by atoms with Gasteiger partial charge in [0.15, 0.2) is 11.9 Å². The van der Waals surface area contributed by atoms with Crippen LogP contribution in [0.25, 0.3) is 0 Å². The Balaban J connectivity index is 1.54. The van der Waals surface area contributed by atoms with E-state index in [-0.39, 0.29) is 11.7 Å². The van der Waals surface area contributed by atoms with Gasteiger partial charge in [-0.25, -0.2) is 0 Å². The number of benzene rings is 2. The first-order valence-electron chi connectivity index (χ1n) is 9.01. The highest BCUT2D eigenvalue weighted by Crippen LogP contribution is 2.20. The molecule has 6 heteroatoms. The maximum Gasteiger partial charge on any atom is 0.263 e. The van der Waals surface area contributed by atoms with Crippen molar-refractivity contribution in [2.45, 2.75) is 20.0 Å². The second-order valence-corrected chi connectivity index (χ2v) is 7.07. The maximum atomic E-state index is 12.7. The van der Waals surface area contributed by atoms with Gasteiger partial charge >= 0.3 is 0 Å². The van der Waals surface area contributed by atoms with Crippen LogP contribution in [0, 0.1) is 0 Å². The fourth-order valence-corrected chi connectivity index (χ4v) is 3.24. The number of amides is 1. The van der Waals surface area contributed by atoms with Crippen molar-refractivity contribution in [2.75, 3.05) is 31.1 Å². The van der Waals surface area contributed by atoms with Crippen LogP contribution in [0.5, 0.6) is 5.75 Å². The van der Waals surface area contributed by atoms with Gasteiger partial charge in [-0.1, -0.05) is 11.6 Å². The molecule has 0 radical (unpaired) electrons. The molecule has 0 unspecified atom stereocenters. The van der Waals surface area contributed by atoms with E-state index in [1.54, 1.807) is 38.1 Å². The summed E-state index contributed by atoms with van der Waals surface area (Å²) in [5.74, 6) is 0.674. The fourth-order valence-electron chi connectivity index (χ4n) is 3.12. The van der Waals surface area contributed by atoms with Crippen molar-refractivity contribution in [1.29, 1.82) is 0 Å². The second kappa shape index (κ2) is 8.44. The molecule has 5 nitrogen and oxygen atoms in total. The van der Waals surface area contributed by atoms with Crippen molar-refractivity contribution in [3.8, 4) is 5.75 Å². The van der Waals surface area contributed by atoms with Gasteiger partial charge in [-0.2, -0.15) is 0 Å². The number of ether oxygens (including phenoxy) is 1. The van der Waals surface area contributed by atoms with E-state index in [9.17, 15) is 9.59 Å². The molecule has 1 aliphatic heterocycles. The number of carbonyl (C=O) groups is 2. The second-order valence-electron chi connectivity index (χ2n) is 6.63. The monoisotopic (exact) mass is 386 g/mol. The van der Waals surface area contributed by atoms with Crippen LogP contribution in [0.15, 0.2) is 48.5 Å². The lowest BCUT2D eigenvalue weighted by atomic mass is 10.1. The first-order chi connectivity index (χ1) is 12.9. The Bertz CT molecular complexity index is 797. The summed E-state index contributed by atoms with van der Waals surface area (Å²) in [4.78, 5) is 28.1. The highest BCUT2D eigenvalue weighted by Gasteiger charge is 2.26. The van der Waals surface area contributed by atoms with Gasteiger partial charge < -0.3 is 14.5 Å². The zero-order valence-corrected chi connectivity index (χ0v) is 16.3. The first kappa shape index (κ1) is 19.2. The molecule has 0 saturated carbocycles. The summed E-state index contributed by atoms with van der Waals surface area (Å²) in [5.41, 5.74) is 1.78. The summed E-state index contributed by atoms with van der Waals surface area (Å²) in [6, 6.07) is 14.6. The standard InChI is InChI=1S/C21H23ClN2O3/c1-15(25)17-3-7-19(8-4-17)23-11-13-24(14-12-23)21(26)16(2)27-20-9-5-18(22)6-10-20/h3-10,16H,11-14H2,1-2H3/t16-/m0/s1. The Kier molecular flexibility index (Phi) is 6.01. The molecule has 1 amide bonds. The normalized spacial score (nSPS) is 15.4. The lowest BCUT2D eigenvalue weighted by molar-refractivity contribution is -0.138. The van der Waals surface area contributed by atoms with Gasteiger partial charge in [0, 0.05) is 42.5 Å². The molecule has 27 heavy (non-hydrogen) atoms. The van der Waals surface area contributed by atoms with Gasteiger partial charge in [-0.05, 0) is 62.4 Å². The Morgan fingerprint density at radius 1 is 0.963 bits per heavy atom. The predicted molar refractivity (Wildman–Crippen MR) is 107 cm³/mol. The molecule has 0 spiro atoms. The number of hydrogen-bond acceptors (Lipinski definition) is 4. The Labute approximate surface area is 164 Å². The average Bonchev–Trinajstić information content (AvgIpc) is 2.69. The largest absolute Gasteiger partial charge is 0.481 e. The number of rotatable bonds is 5. The molecule has 0 aromatic heterocycles. The van der Waals surface area contributed by atoms with E-state index in [1.165, 1.54) is 0 Å². The van der Waals surface area contributed by atoms with Crippen molar-refractivity contribution in [1.82, 2.24) is 4.90 Å². The Morgan fingerprint density at radius 3 is 2.11 bits per heavy atom. The maximum absolute atomic E-state index is 12.7. The van der Waals surface area contributed by atoms with Crippen LogP contribution in [-0.2, 0) is 4.79 Å². The van der Waals surface area contributed by atoms with Crippen LogP contribution in [-0.4, -0.2) is 48.9 Å². The summed E-state index contributed by atoms with van der Waals surface area (Å²) < 4.78 is 5.74. The highest BCUT2D eigenvalue weighted by atomic mass is 35.5. The molecular weight excluding hydrogens is 364 g/mol. The van der Waals surface area contributed by atoms with E-state index in [4.69, 9.17) is 16.3 Å². The summed E-state index contributed by atoms with van der Waals surface area (Å²) in [6.07, 6.45) is -0.549. The molecule has 1 aliphatic rings. The molecule has 3 rings (SSSR count). The Morgan fingerprint density at radius 2 is 1.56 bits per heavy atom. The predicted octanol–water partition coefficient (Wildman–Crippen LogP) is 3.66. The number of hydrogen-bond donors (Lipinski definition) is 0. The number of nitrogens with zero attached hydrogens (tertiary/aromatic N) is 2. The third-order valence-corrected chi connectivity index (χ3v) is 4.96. The molecule has 1 heterocycles. The van der Waals surface area contributed by atoms with Crippen LogP contribution >= 0.6 is 11.6 Å². The van der Waals surface area contributed by atoms with Gasteiger partial charge in [0.25, 0.3) is 5.91 Å². The Hall–Kier alpha value is -2.53. The van der Waals surface area contributed by atoms with E-state index < -0.39 is 6.10 Å². The van der Waals surface area contributed by atoms with Gasteiger partial charge in [-0.15, -0.1) is 0 Å². The summed E-state index contributed by atoms with van der Waals surface area (Å²) in [6.45, 7) is 6.11. The van der Waals surface area contributed by atoms with Crippen molar-refractivity contribution in [2.24, 2.45) is 0 Å². The summed E-state index contributed by atoms with van der Waals surface area (Å²) in [5, 5.41) is 0.633. The minimum Gasteiger partial charge on any atom is -0.481 e. The van der Waals surface area contributed by atoms with Gasteiger partial charge in [0.1, 0.15) is 5.75 Å². The third kappa shape index (κ3) is 4.80. The zero-order chi connectivity index (χ0) is 19.4. The molecule has 2 aromatic rings. The number of carbonyl (C=O) groups excluding carboxylic acids is 2. The lowest BCUT2D eigenvalue weighted by Crippen LogP contribution is -2.52. The quantitative estimate of drug-likeness (QED) is 0.736. The van der Waals surface area contributed by atoms with E-state index in [2.05, 4.69) is 4.90 Å². The van der Waals surface area contributed by atoms with Crippen LogP contribution in [0.2, 0.25) is 5.02 Å². The molecule has 0 aliphatic carbocycles. The van der Waals surface area contributed by atoms with E-state index in [0.717, 1.165) is 18.8 Å². The van der Waals surface area contributed by atoms with E-state index in [0.29, 0.717) is 29.4 Å². The highest BCUT2D eigenvalue weighted by molar-refractivity contribution is 6.30. The van der Waals surface area contributed by atoms with Crippen LogP contribution in [0.3, 0.4) is 0 Å². The minimum atomic E-state index is -0.549. The van der Waals surface area contributed by atoms with Gasteiger partial charge in [0.05, 0.1) is 0 Å².